The van der Waals surface area contributed by atoms with Crippen LogP contribution in [0.25, 0.3) is 11.3 Å². The fourth-order valence-electron chi connectivity index (χ4n) is 3.63. The van der Waals surface area contributed by atoms with Gasteiger partial charge in [-0.2, -0.15) is 0 Å². The highest BCUT2D eigenvalue weighted by Gasteiger charge is 2.15. The number of hydrogen-bond acceptors (Lipinski definition) is 8. The summed E-state index contributed by atoms with van der Waals surface area (Å²) in [6, 6.07) is 18.3. The van der Waals surface area contributed by atoms with Crippen LogP contribution in [-0.2, 0) is 0 Å². The third-order valence-corrected chi connectivity index (χ3v) is 6.48. The first kappa shape index (κ1) is 26.6. The molecule has 0 spiro atoms. The predicted octanol–water partition coefficient (Wildman–Crippen LogP) is 5.49. The van der Waals surface area contributed by atoms with E-state index in [1.807, 2.05) is 31.2 Å². The molecule has 0 saturated carbocycles. The van der Waals surface area contributed by atoms with Crippen LogP contribution in [0.5, 0.6) is 11.5 Å². The number of nitrogens with zero attached hydrogens (tertiary/aromatic N) is 3. The van der Waals surface area contributed by atoms with Gasteiger partial charge in [-0.15, -0.1) is 11.3 Å². The molecular weight excluding hydrogens is 502 g/mol. The lowest BCUT2D eigenvalue weighted by atomic mass is 10.1. The second-order valence-electron chi connectivity index (χ2n) is 8.40. The number of ether oxygens (including phenoxy) is 2. The first-order chi connectivity index (χ1) is 18.5. The second kappa shape index (κ2) is 13.2. The molecule has 0 aliphatic rings. The number of carbonyl (C=O) groups is 1. The summed E-state index contributed by atoms with van der Waals surface area (Å²) in [6.07, 6.45) is 5.95. The Bertz CT molecular complexity index is 1360. The number of oxime groups is 1. The van der Waals surface area contributed by atoms with Crippen LogP contribution < -0.4 is 20.5 Å². The molecular formula is C28H29N5O4S. The number of aromatic nitrogens is 2. The largest absolute Gasteiger partial charge is 0.494 e. The number of thiazole rings is 1. The summed E-state index contributed by atoms with van der Waals surface area (Å²) in [7, 11) is 0. The lowest BCUT2D eigenvalue weighted by Crippen LogP contribution is -2.12. The maximum Gasteiger partial charge on any atom is 0.257 e. The highest BCUT2D eigenvalue weighted by Crippen LogP contribution is 2.34. The Labute approximate surface area is 225 Å². The Morgan fingerprint density at radius 1 is 0.974 bits per heavy atom. The Balaban J connectivity index is 1.20. The minimum absolute atomic E-state index is 0.0689. The maximum absolute atomic E-state index is 12.6. The number of nitrogens with two attached hydrogens (primary N) is 1. The van der Waals surface area contributed by atoms with Crippen molar-refractivity contribution >= 4 is 28.1 Å². The van der Waals surface area contributed by atoms with E-state index >= 15 is 0 Å². The van der Waals surface area contributed by atoms with Gasteiger partial charge in [-0.3, -0.25) is 9.78 Å². The molecule has 0 unspecified atom stereocenters. The Kier molecular flexibility index (Phi) is 9.25. The van der Waals surface area contributed by atoms with Crippen molar-refractivity contribution < 1.29 is 19.5 Å². The molecule has 9 nitrogen and oxygen atoms in total. The third kappa shape index (κ3) is 7.30. The van der Waals surface area contributed by atoms with Gasteiger partial charge in [0, 0.05) is 23.5 Å². The van der Waals surface area contributed by atoms with Crippen molar-refractivity contribution in [2.45, 2.75) is 26.2 Å². The fraction of sp³-hybridized carbons (Fsp3) is 0.214. The molecule has 0 fully saturated rings. The molecule has 0 aliphatic heterocycles. The molecule has 2 aromatic heterocycles. The van der Waals surface area contributed by atoms with Gasteiger partial charge in [0.25, 0.3) is 5.91 Å². The highest BCUT2D eigenvalue weighted by atomic mass is 32.1. The van der Waals surface area contributed by atoms with Gasteiger partial charge in [0.15, 0.2) is 5.84 Å². The quantitative estimate of drug-likeness (QED) is 0.0724. The second-order valence-corrected chi connectivity index (χ2v) is 9.60. The molecule has 4 N–H and O–H groups in total. The van der Waals surface area contributed by atoms with Crippen LogP contribution in [-0.4, -0.2) is 40.1 Å². The van der Waals surface area contributed by atoms with Crippen LogP contribution in [0.2, 0.25) is 0 Å². The average Bonchev–Trinajstić information content (AvgIpc) is 3.32. The SMILES string of the molecule is Cc1nc(-c2ccc(OCCCCCOc3ccc(/C(N)=N/O)cc3)cc2)c(NC(=O)c2cccnc2)s1. The number of anilines is 1. The van der Waals surface area contributed by atoms with Gasteiger partial charge >= 0.3 is 0 Å². The van der Waals surface area contributed by atoms with Crippen LogP contribution in [0.15, 0.2) is 78.2 Å². The molecule has 0 atom stereocenters. The third-order valence-electron chi connectivity index (χ3n) is 5.60. The molecule has 0 bridgehead atoms. The summed E-state index contributed by atoms with van der Waals surface area (Å²) in [5, 5.41) is 16.2. The molecule has 2 aromatic carbocycles. The van der Waals surface area contributed by atoms with E-state index in [1.54, 1.807) is 42.6 Å². The molecule has 38 heavy (non-hydrogen) atoms. The minimum Gasteiger partial charge on any atom is -0.494 e. The summed E-state index contributed by atoms with van der Waals surface area (Å²) in [5.74, 6) is 1.37. The van der Waals surface area contributed by atoms with Crippen molar-refractivity contribution in [1.29, 1.82) is 0 Å². The van der Waals surface area contributed by atoms with Crippen LogP contribution in [0.4, 0.5) is 5.00 Å². The summed E-state index contributed by atoms with van der Waals surface area (Å²) < 4.78 is 11.6. The van der Waals surface area contributed by atoms with E-state index < -0.39 is 0 Å². The standard InChI is InChI=1S/C28H29N5O4S/c1-19-31-25(28(38-19)32-27(34)22-6-5-15-30-18-22)20-7-11-23(12-8-20)36-16-3-2-4-17-37-24-13-9-21(10-14-24)26(29)33-35/h5-15,18,35H,2-4,16-17H2,1H3,(H2,29,33)(H,32,34). The van der Waals surface area contributed by atoms with E-state index in [9.17, 15) is 4.79 Å². The summed E-state index contributed by atoms with van der Waals surface area (Å²) in [5.41, 5.74) is 8.33. The molecule has 4 rings (SSSR count). The van der Waals surface area contributed by atoms with Crippen molar-refractivity contribution in [3.05, 3.63) is 89.2 Å². The van der Waals surface area contributed by atoms with Crippen molar-refractivity contribution in [3.63, 3.8) is 0 Å². The van der Waals surface area contributed by atoms with E-state index in [0.717, 1.165) is 47.0 Å². The zero-order chi connectivity index (χ0) is 26.7. The van der Waals surface area contributed by atoms with Crippen molar-refractivity contribution in [3.8, 4) is 22.8 Å². The first-order valence-electron chi connectivity index (χ1n) is 12.2. The van der Waals surface area contributed by atoms with Gasteiger partial charge in [0.05, 0.1) is 23.8 Å². The van der Waals surface area contributed by atoms with E-state index in [2.05, 4.69) is 20.4 Å². The summed E-state index contributed by atoms with van der Waals surface area (Å²) in [4.78, 5) is 21.2. The normalized spacial score (nSPS) is 11.2. The van der Waals surface area contributed by atoms with Crippen LogP contribution in [0, 0.1) is 6.92 Å². The van der Waals surface area contributed by atoms with Gasteiger partial charge in [0.1, 0.15) is 22.2 Å². The molecule has 0 radical (unpaired) electrons. The highest BCUT2D eigenvalue weighted by molar-refractivity contribution is 7.16. The fourth-order valence-corrected chi connectivity index (χ4v) is 4.47. The molecule has 10 heteroatoms. The number of nitrogens with one attached hydrogen (secondary N) is 1. The van der Waals surface area contributed by atoms with Crippen molar-refractivity contribution in [2.75, 3.05) is 18.5 Å². The first-order valence-corrected chi connectivity index (χ1v) is 13.0. The van der Waals surface area contributed by atoms with Crippen LogP contribution >= 0.6 is 11.3 Å². The maximum atomic E-state index is 12.6. The van der Waals surface area contributed by atoms with Gasteiger partial charge in [-0.25, -0.2) is 4.98 Å². The topological polar surface area (TPSA) is 132 Å². The summed E-state index contributed by atoms with van der Waals surface area (Å²) >= 11 is 1.44. The lowest BCUT2D eigenvalue weighted by molar-refractivity contribution is 0.102. The molecule has 0 saturated heterocycles. The molecule has 0 aliphatic carbocycles. The molecule has 2 heterocycles. The zero-order valence-electron chi connectivity index (χ0n) is 21.0. The van der Waals surface area contributed by atoms with Crippen LogP contribution in [0.3, 0.4) is 0 Å². The molecule has 196 valence electrons. The van der Waals surface area contributed by atoms with E-state index in [0.29, 0.717) is 29.3 Å². The van der Waals surface area contributed by atoms with Gasteiger partial charge in [0.2, 0.25) is 0 Å². The number of hydrogen-bond donors (Lipinski definition) is 3. The van der Waals surface area contributed by atoms with Crippen LogP contribution in [0.1, 0.15) is 40.2 Å². The Morgan fingerprint density at radius 2 is 1.63 bits per heavy atom. The number of benzene rings is 2. The Hall–Kier alpha value is -4.44. The number of rotatable bonds is 12. The smallest absolute Gasteiger partial charge is 0.257 e. The number of pyridine rings is 1. The van der Waals surface area contributed by atoms with Crippen molar-refractivity contribution in [2.24, 2.45) is 10.9 Å². The number of aryl methyl sites for hydroxylation is 1. The lowest BCUT2D eigenvalue weighted by Gasteiger charge is -2.09. The number of carbonyl (C=O) groups excluding carboxylic acids is 1. The zero-order valence-corrected chi connectivity index (χ0v) is 21.8. The predicted molar refractivity (Wildman–Crippen MR) is 148 cm³/mol. The monoisotopic (exact) mass is 531 g/mol. The van der Waals surface area contributed by atoms with E-state index in [-0.39, 0.29) is 11.7 Å². The number of unbranched alkanes of at least 4 members (excludes halogenated alkanes) is 2. The van der Waals surface area contributed by atoms with Gasteiger partial charge in [-0.1, -0.05) is 5.16 Å². The average molecular weight is 532 g/mol. The Morgan fingerprint density at radius 3 is 2.24 bits per heavy atom. The number of amidine groups is 1. The van der Waals surface area contributed by atoms with Gasteiger partial charge < -0.3 is 25.7 Å². The van der Waals surface area contributed by atoms with E-state index in [4.69, 9.17) is 20.4 Å². The van der Waals surface area contributed by atoms with Gasteiger partial charge in [-0.05, 0) is 86.8 Å². The van der Waals surface area contributed by atoms with Crippen molar-refractivity contribution in [1.82, 2.24) is 9.97 Å². The molecule has 4 aromatic rings. The van der Waals surface area contributed by atoms with E-state index in [1.165, 1.54) is 17.5 Å². The summed E-state index contributed by atoms with van der Waals surface area (Å²) in [6.45, 7) is 3.12. The minimum atomic E-state index is -0.218. The number of amides is 1. The molecule has 1 amide bonds.